The fraction of sp³-hybridized carbons (Fsp3) is 0.417. The minimum atomic E-state index is -4.45. The maximum atomic E-state index is 13.5. The molecular weight excluding hydrogens is 459 g/mol. The highest BCUT2D eigenvalue weighted by Crippen LogP contribution is 2.35. The fourth-order valence-electron chi connectivity index (χ4n) is 4.30. The summed E-state index contributed by atoms with van der Waals surface area (Å²) in [5, 5.41) is 0. The van der Waals surface area contributed by atoms with Crippen LogP contribution in [0, 0.1) is 6.92 Å². The van der Waals surface area contributed by atoms with Gasteiger partial charge < -0.3 is 19.4 Å². The SMILES string of the molecule is Cc1cccc(-c2nc(N3CCOCC3)nc(N3CCN(c4ncccc4C(F)(F)F)CC3)n2)c1. The largest absolute Gasteiger partial charge is 0.419 e. The van der Waals surface area contributed by atoms with Crippen LogP contribution in [0.3, 0.4) is 0 Å². The second-order valence-corrected chi connectivity index (χ2v) is 8.57. The van der Waals surface area contributed by atoms with Crippen molar-refractivity contribution in [3.63, 3.8) is 0 Å². The van der Waals surface area contributed by atoms with Crippen LogP contribution in [0.5, 0.6) is 0 Å². The molecule has 0 radical (unpaired) electrons. The minimum absolute atomic E-state index is 0.0373. The van der Waals surface area contributed by atoms with Crippen LogP contribution in [0.4, 0.5) is 30.9 Å². The van der Waals surface area contributed by atoms with E-state index >= 15 is 0 Å². The number of rotatable bonds is 4. The van der Waals surface area contributed by atoms with Crippen LogP contribution < -0.4 is 14.7 Å². The lowest BCUT2D eigenvalue weighted by molar-refractivity contribution is -0.137. The van der Waals surface area contributed by atoms with E-state index in [1.807, 2.05) is 36.1 Å². The van der Waals surface area contributed by atoms with E-state index < -0.39 is 11.7 Å². The molecule has 0 atom stereocenters. The van der Waals surface area contributed by atoms with E-state index in [2.05, 4.69) is 9.88 Å². The van der Waals surface area contributed by atoms with Gasteiger partial charge in [-0.05, 0) is 25.1 Å². The third-order valence-corrected chi connectivity index (χ3v) is 6.14. The summed E-state index contributed by atoms with van der Waals surface area (Å²) in [6.45, 7) is 6.27. The Morgan fingerprint density at radius 2 is 1.46 bits per heavy atom. The summed E-state index contributed by atoms with van der Waals surface area (Å²) in [5.74, 6) is 1.65. The molecule has 0 bridgehead atoms. The van der Waals surface area contributed by atoms with E-state index in [1.54, 1.807) is 4.90 Å². The number of alkyl halides is 3. The Morgan fingerprint density at radius 1 is 0.800 bits per heavy atom. The van der Waals surface area contributed by atoms with E-state index in [-0.39, 0.29) is 5.82 Å². The van der Waals surface area contributed by atoms with Gasteiger partial charge >= 0.3 is 6.18 Å². The zero-order chi connectivity index (χ0) is 24.4. The van der Waals surface area contributed by atoms with Crippen LogP contribution in [-0.4, -0.2) is 72.4 Å². The number of aromatic nitrogens is 4. The van der Waals surface area contributed by atoms with Gasteiger partial charge in [-0.2, -0.15) is 28.1 Å². The van der Waals surface area contributed by atoms with Crippen LogP contribution >= 0.6 is 0 Å². The Kier molecular flexibility index (Phi) is 6.42. The van der Waals surface area contributed by atoms with Crippen molar-refractivity contribution in [2.45, 2.75) is 13.1 Å². The van der Waals surface area contributed by atoms with Crippen molar-refractivity contribution in [3.05, 3.63) is 53.7 Å². The second kappa shape index (κ2) is 9.65. The van der Waals surface area contributed by atoms with E-state index in [1.165, 1.54) is 12.3 Å². The molecule has 2 aliphatic heterocycles. The Balaban J connectivity index is 1.42. The lowest BCUT2D eigenvalue weighted by Crippen LogP contribution is -2.48. The molecule has 5 rings (SSSR count). The molecule has 4 heterocycles. The Labute approximate surface area is 201 Å². The predicted octanol–water partition coefficient (Wildman–Crippen LogP) is 3.42. The van der Waals surface area contributed by atoms with E-state index in [0.717, 1.165) is 17.2 Å². The van der Waals surface area contributed by atoms with Gasteiger partial charge in [0.25, 0.3) is 0 Å². The molecule has 0 unspecified atom stereocenters. The lowest BCUT2D eigenvalue weighted by atomic mass is 10.1. The molecule has 3 aromatic rings. The van der Waals surface area contributed by atoms with Gasteiger partial charge in [-0.3, -0.25) is 0 Å². The molecule has 1 aromatic carbocycles. The first-order chi connectivity index (χ1) is 16.9. The number of anilines is 3. The van der Waals surface area contributed by atoms with Crippen LogP contribution in [0.2, 0.25) is 0 Å². The Hall–Kier alpha value is -3.47. The fourth-order valence-corrected chi connectivity index (χ4v) is 4.30. The van der Waals surface area contributed by atoms with Crippen molar-refractivity contribution in [3.8, 4) is 11.4 Å². The van der Waals surface area contributed by atoms with Crippen LogP contribution in [0.25, 0.3) is 11.4 Å². The van der Waals surface area contributed by atoms with Crippen molar-refractivity contribution in [2.75, 3.05) is 67.2 Å². The summed E-state index contributed by atoms with van der Waals surface area (Å²) in [6, 6.07) is 10.4. The molecule has 184 valence electrons. The number of hydrogen-bond donors (Lipinski definition) is 0. The normalized spacial score (nSPS) is 17.1. The maximum absolute atomic E-state index is 13.5. The average molecular weight is 486 g/mol. The quantitative estimate of drug-likeness (QED) is 0.557. The molecule has 2 aliphatic rings. The maximum Gasteiger partial charge on any atom is 0.419 e. The van der Waals surface area contributed by atoms with Crippen molar-refractivity contribution in [1.29, 1.82) is 0 Å². The number of hydrogen-bond acceptors (Lipinski definition) is 8. The van der Waals surface area contributed by atoms with Gasteiger partial charge in [-0.15, -0.1) is 0 Å². The Morgan fingerprint density at radius 3 is 2.11 bits per heavy atom. The molecular formula is C24H26F3N7O. The number of ether oxygens (including phenoxy) is 1. The highest BCUT2D eigenvalue weighted by atomic mass is 19.4. The highest BCUT2D eigenvalue weighted by molar-refractivity contribution is 5.60. The predicted molar refractivity (Wildman–Crippen MR) is 127 cm³/mol. The molecule has 0 amide bonds. The van der Waals surface area contributed by atoms with Crippen molar-refractivity contribution < 1.29 is 17.9 Å². The van der Waals surface area contributed by atoms with Gasteiger partial charge in [0.15, 0.2) is 5.82 Å². The third kappa shape index (κ3) is 5.14. The highest BCUT2D eigenvalue weighted by Gasteiger charge is 2.36. The van der Waals surface area contributed by atoms with E-state index in [9.17, 15) is 13.2 Å². The molecule has 2 fully saturated rings. The second-order valence-electron chi connectivity index (χ2n) is 8.57. The molecule has 8 nitrogen and oxygen atoms in total. The van der Waals surface area contributed by atoms with Crippen LogP contribution in [-0.2, 0) is 10.9 Å². The number of aryl methyl sites for hydroxylation is 1. The zero-order valence-corrected chi connectivity index (χ0v) is 19.4. The third-order valence-electron chi connectivity index (χ3n) is 6.14. The standard InChI is InChI=1S/C24H26F3N7O/c1-17-4-2-5-18(16-17)20-29-22(31-23(30-20)34-12-14-35-15-13-34)33-10-8-32(9-11-33)21-19(24(25,26)27)6-3-7-28-21/h2-7,16H,8-15H2,1H3. The van der Waals surface area contributed by atoms with Gasteiger partial charge in [0, 0.05) is 51.0 Å². The molecule has 11 heteroatoms. The summed E-state index contributed by atoms with van der Waals surface area (Å²) in [7, 11) is 0. The number of pyridine rings is 1. The van der Waals surface area contributed by atoms with Gasteiger partial charge in [0.2, 0.25) is 11.9 Å². The van der Waals surface area contributed by atoms with Crippen molar-refractivity contribution in [1.82, 2.24) is 19.9 Å². The summed E-state index contributed by atoms with van der Waals surface area (Å²) in [5.41, 5.74) is 1.27. The van der Waals surface area contributed by atoms with Crippen molar-refractivity contribution >= 4 is 17.7 Å². The molecule has 0 aliphatic carbocycles. The molecule has 0 N–H and O–H groups in total. The van der Waals surface area contributed by atoms with Crippen molar-refractivity contribution in [2.24, 2.45) is 0 Å². The number of nitrogens with zero attached hydrogens (tertiary/aromatic N) is 7. The van der Waals surface area contributed by atoms with Crippen LogP contribution in [0.15, 0.2) is 42.6 Å². The first-order valence-corrected chi connectivity index (χ1v) is 11.6. The lowest BCUT2D eigenvalue weighted by Gasteiger charge is -2.36. The Bertz CT molecular complexity index is 1180. The number of benzene rings is 1. The van der Waals surface area contributed by atoms with E-state index in [4.69, 9.17) is 19.7 Å². The summed E-state index contributed by atoms with van der Waals surface area (Å²) in [4.78, 5) is 24.0. The van der Waals surface area contributed by atoms with E-state index in [0.29, 0.717) is 70.2 Å². The average Bonchev–Trinajstić information content (AvgIpc) is 2.88. The summed E-state index contributed by atoms with van der Waals surface area (Å²) < 4.78 is 45.9. The molecule has 2 saturated heterocycles. The monoisotopic (exact) mass is 485 g/mol. The zero-order valence-electron chi connectivity index (χ0n) is 19.4. The van der Waals surface area contributed by atoms with Gasteiger partial charge in [-0.1, -0.05) is 23.8 Å². The van der Waals surface area contributed by atoms with Gasteiger partial charge in [0.05, 0.1) is 18.8 Å². The first-order valence-electron chi connectivity index (χ1n) is 11.6. The molecule has 35 heavy (non-hydrogen) atoms. The minimum Gasteiger partial charge on any atom is -0.378 e. The number of piperazine rings is 1. The number of halogens is 3. The first kappa shape index (κ1) is 23.3. The van der Waals surface area contributed by atoms with Gasteiger partial charge in [-0.25, -0.2) is 4.98 Å². The number of morpholine rings is 1. The molecule has 0 spiro atoms. The summed E-state index contributed by atoms with van der Waals surface area (Å²) in [6.07, 6.45) is -3.06. The molecule has 2 aromatic heterocycles. The smallest absolute Gasteiger partial charge is 0.378 e. The van der Waals surface area contributed by atoms with Crippen LogP contribution in [0.1, 0.15) is 11.1 Å². The topological polar surface area (TPSA) is 70.5 Å². The molecule has 0 saturated carbocycles. The summed E-state index contributed by atoms with van der Waals surface area (Å²) >= 11 is 0. The van der Waals surface area contributed by atoms with Gasteiger partial charge in [0.1, 0.15) is 5.82 Å².